The van der Waals surface area contributed by atoms with Crippen molar-refractivity contribution in [3.05, 3.63) is 43.0 Å². The maximum absolute atomic E-state index is 11.9. The second kappa shape index (κ2) is 7.35. The summed E-state index contributed by atoms with van der Waals surface area (Å²) in [5.74, 6) is 2.06. The predicted octanol–water partition coefficient (Wildman–Crippen LogP) is 1.32. The zero-order chi connectivity index (χ0) is 16.9. The number of para-hydroxylation sites is 1. The molecule has 9 heteroatoms. The van der Waals surface area contributed by atoms with Gasteiger partial charge in [-0.3, -0.25) is 4.52 Å². The molecule has 2 heterocycles. The van der Waals surface area contributed by atoms with Crippen LogP contribution in [0.4, 0.5) is 5.82 Å². The van der Waals surface area contributed by atoms with Gasteiger partial charge in [0.15, 0.2) is 17.2 Å². The first-order chi connectivity index (χ1) is 11.6. The van der Waals surface area contributed by atoms with Crippen molar-refractivity contribution in [2.45, 2.75) is 19.6 Å². The predicted molar refractivity (Wildman–Crippen MR) is 90.3 cm³/mol. The van der Waals surface area contributed by atoms with Gasteiger partial charge in [-0.05, 0) is 19.1 Å². The number of anilines is 1. The van der Waals surface area contributed by atoms with Gasteiger partial charge in [-0.2, -0.15) is 0 Å². The minimum Gasteiger partial charge on any atom is -0.593 e. The number of imidazole rings is 1. The molecule has 0 aliphatic carbocycles. The normalized spacial score (nSPS) is 13.2. The van der Waals surface area contributed by atoms with E-state index in [1.807, 2.05) is 13.0 Å². The standard InChI is InChI=1S/C15H16N5O3P/c1-11(22-10-24(21)23-12-5-3-2-4-6-12)7-20-9-19-13-14(16)17-8-18-15(13)20/h2-6,8-11H,7H2,1H3,(H2,16,17,18)/t11-/m1/s1. The van der Waals surface area contributed by atoms with Crippen molar-refractivity contribution in [2.75, 3.05) is 5.73 Å². The zero-order valence-corrected chi connectivity index (χ0v) is 13.8. The smallest absolute Gasteiger partial charge is 0.303 e. The lowest BCUT2D eigenvalue weighted by molar-refractivity contribution is -0.166. The summed E-state index contributed by atoms with van der Waals surface area (Å²) in [6.45, 7) is 2.32. The monoisotopic (exact) mass is 345 g/mol. The first-order valence-electron chi connectivity index (χ1n) is 7.23. The summed E-state index contributed by atoms with van der Waals surface area (Å²) in [7, 11) is -2.06. The van der Waals surface area contributed by atoms with Crippen LogP contribution < -0.4 is 15.2 Å². The van der Waals surface area contributed by atoms with Gasteiger partial charge in [-0.15, -0.1) is 0 Å². The van der Waals surface area contributed by atoms with Gasteiger partial charge in [-0.25, -0.2) is 15.0 Å². The molecule has 0 saturated heterocycles. The SMILES string of the molecule is C[C@H](Cn1cnc2c(N)ncnc21)OC=[P+]([O-])Oc1ccccc1. The van der Waals surface area contributed by atoms with Crippen LogP contribution in [0.5, 0.6) is 5.75 Å². The molecule has 0 aliphatic heterocycles. The highest BCUT2D eigenvalue weighted by atomic mass is 31.1. The number of hydrogen-bond donors (Lipinski definition) is 1. The molecule has 0 spiro atoms. The van der Waals surface area contributed by atoms with Gasteiger partial charge in [0.25, 0.3) is 5.98 Å². The molecule has 0 saturated carbocycles. The van der Waals surface area contributed by atoms with Crippen LogP contribution in [0.2, 0.25) is 0 Å². The fourth-order valence-corrected chi connectivity index (χ4v) is 2.79. The third-order valence-corrected chi connectivity index (χ3v) is 3.89. The minimum atomic E-state index is -2.06. The summed E-state index contributed by atoms with van der Waals surface area (Å²) >= 11 is 0. The van der Waals surface area contributed by atoms with Crippen LogP contribution in [-0.4, -0.2) is 31.6 Å². The number of aromatic nitrogens is 4. The molecular weight excluding hydrogens is 329 g/mol. The Morgan fingerprint density at radius 1 is 1.29 bits per heavy atom. The fraction of sp³-hybridized carbons (Fsp3) is 0.200. The second-order valence-corrected chi connectivity index (χ2v) is 6.03. The molecule has 2 aromatic heterocycles. The third-order valence-electron chi connectivity index (χ3n) is 3.20. The van der Waals surface area contributed by atoms with Crippen LogP contribution >= 0.6 is 8.00 Å². The van der Waals surface area contributed by atoms with Crippen LogP contribution in [0.15, 0.2) is 43.0 Å². The van der Waals surface area contributed by atoms with Crippen molar-refractivity contribution < 1.29 is 14.2 Å². The topological polar surface area (TPSA) is 111 Å². The number of nitrogen functional groups attached to an aromatic ring is 1. The Bertz CT molecular complexity index is 853. The zero-order valence-electron chi connectivity index (χ0n) is 12.9. The van der Waals surface area contributed by atoms with E-state index in [-0.39, 0.29) is 6.10 Å². The Hall–Kier alpha value is -2.54. The molecule has 124 valence electrons. The molecule has 0 amide bonds. The van der Waals surface area contributed by atoms with Gasteiger partial charge in [0.2, 0.25) is 0 Å². The molecule has 24 heavy (non-hydrogen) atoms. The molecule has 8 nitrogen and oxygen atoms in total. The van der Waals surface area contributed by atoms with E-state index in [1.54, 1.807) is 35.2 Å². The Morgan fingerprint density at radius 3 is 2.88 bits per heavy atom. The first kappa shape index (κ1) is 16.3. The molecule has 0 radical (unpaired) electrons. The summed E-state index contributed by atoms with van der Waals surface area (Å²) in [6.07, 6.45) is 2.76. The molecule has 0 aliphatic rings. The molecule has 3 rings (SSSR count). The number of rotatable bonds is 6. The van der Waals surface area contributed by atoms with E-state index < -0.39 is 8.00 Å². The lowest BCUT2D eigenvalue weighted by Crippen LogP contribution is -2.16. The molecular formula is C15H16N5O3P. The number of nitrogens with two attached hydrogens (primary N) is 1. The Morgan fingerprint density at radius 2 is 2.08 bits per heavy atom. The van der Waals surface area contributed by atoms with Crippen LogP contribution in [-0.2, 0) is 11.3 Å². The van der Waals surface area contributed by atoms with Crippen molar-refractivity contribution in [1.82, 2.24) is 19.5 Å². The summed E-state index contributed by atoms with van der Waals surface area (Å²) in [4.78, 5) is 24.1. The highest BCUT2D eigenvalue weighted by molar-refractivity contribution is 7.44. The van der Waals surface area contributed by atoms with E-state index in [1.165, 1.54) is 12.3 Å². The van der Waals surface area contributed by atoms with Gasteiger partial charge >= 0.3 is 8.00 Å². The van der Waals surface area contributed by atoms with E-state index in [2.05, 4.69) is 15.0 Å². The minimum absolute atomic E-state index is 0.253. The number of hydrogen-bond acceptors (Lipinski definition) is 7. The average molecular weight is 345 g/mol. The van der Waals surface area contributed by atoms with E-state index in [9.17, 15) is 4.89 Å². The van der Waals surface area contributed by atoms with E-state index in [0.717, 1.165) is 0 Å². The van der Waals surface area contributed by atoms with Crippen molar-refractivity contribution in [3.8, 4) is 5.75 Å². The maximum atomic E-state index is 11.9. The van der Waals surface area contributed by atoms with E-state index in [0.29, 0.717) is 29.3 Å². The van der Waals surface area contributed by atoms with Crippen LogP contribution in [0.1, 0.15) is 6.92 Å². The van der Waals surface area contributed by atoms with Gasteiger partial charge in [0, 0.05) is 0 Å². The number of fused-ring (bicyclic) bond motifs is 1. The van der Waals surface area contributed by atoms with Crippen molar-refractivity contribution >= 4 is 31.0 Å². The molecule has 2 atom stereocenters. The molecule has 1 unspecified atom stereocenters. The van der Waals surface area contributed by atoms with Gasteiger partial charge < -0.3 is 19.9 Å². The number of nitrogens with zero attached hydrogens (tertiary/aromatic N) is 4. The molecule has 2 N–H and O–H groups in total. The van der Waals surface area contributed by atoms with Gasteiger partial charge in [0.05, 0.1) is 19.0 Å². The average Bonchev–Trinajstić information content (AvgIpc) is 2.98. The van der Waals surface area contributed by atoms with Gasteiger partial charge in [-0.1, -0.05) is 18.2 Å². The highest BCUT2D eigenvalue weighted by Crippen LogP contribution is 2.20. The maximum Gasteiger partial charge on any atom is 0.303 e. The summed E-state index contributed by atoms with van der Waals surface area (Å²) < 4.78 is 12.5. The molecule has 3 aromatic rings. The Balaban J connectivity index is 1.61. The van der Waals surface area contributed by atoms with Crippen LogP contribution in [0.3, 0.4) is 0 Å². The number of benzene rings is 1. The largest absolute Gasteiger partial charge is 0.593 e. The number of ether oxygens (including phenoxy) is 1. The summed E-state index contributed by atoms with van der Waals surface area (Å²) in [6, 6.07) is 8.92. The first-order valence-corrected chi connectivity index (χ1v) is 8.47. The van der Waals surface area contributed by atoms with E-state index >= 15 is 0 Å². The quantitative estimate of drug-likeness (QED) is 0.671. The summed E-state index contributed by atoms with van der Waals surface area (Å²) in [5.41, 5.74) is 6.93. The second-order valence-electron chi connectivity index (χ2n) is 5.07. The van der Waals surface area contributed by atoms with Crippen molar-refractivity contribution in [2.24, 2.45) is 0 Å². The lowest BCUT2D eigenvalue weighted by Gasteiger charge is -2.10. The molecule has 0 bridgehead atoms. The lowest BCUT2D eigenvalue weighted by atomic mass is 10.3. The van der Waals surface area contributed by atoms with Crippen LogP contribution in [0, 0.1) is 0 Å². The third kappa shape index (κ3) is 3.86. The Kier molecular flexibility index (Phi) is 5.00. The van der Waals surface area contributed by atoms with Crippen LogP contribution in [0.25, 0.3) is 11.2 Å². The summed E-state index contributed by atoms with van der Waals surface area (Å²) in [5, 5.41) is 0. The molecule has 1 aromatic carbocycles. The highest BCUT2D eigenvalue weighted by Gasteiger charge is 2.12. The van der Waals surface area contributed by atoms with Gasteiger partial charge in [0.1, 0.15) is 11.8 Å². The van der Waals surface area contributed by atoms with Crippen molar-refractivity contribution in [1.29, 1.82) is 0 Å². The van der Waals surface area contributed by atoms with E-state index in [4.69, 9.17) is 15.0 Å². The van der Waals surface area contributed by atoms with Crippen molar-refractivity contribution in [3.63, 3.8) is 0 Å². The Labute approximate surface area is 139 Å². The molecule has 0 fully saturated rings. The fourth-order valence-electron chi connectivity index (χ4n) is 2.11.